The number of ether oxygens (including phenoxy) is 1. The number of carbonyl (C=O) groups excluding carboxylic acids is 1. The van der Waals surface area contributed by atoms with Crippen LogP contribution in [0.1, 0.15) is 32.8 Å². The highest BCUT2D eigenvalue weighted by Gasteiger charge is 2.41. The molecule has 108 valence electrons. The van der Waals surface area contributed by atoms with E-state index in [0.717, 1.165) is 5.56 Å². The number of terminal acetylenes is 1. The van der Waals surface area contributed by atoms with Crippen LogP contribution in [0.25, 0.3) is 0 Å². The van der Waals surface area contributed by atoms with E-state index in [0.29, 0.717) is 25.5 Å². The van der Waals surface area contributed by atoms with Crippen molar-refractivity contribution in [3.63, 3.8) is 0 Å². The highest BCUT2D eigenvalue weighted by molar-refractivity contribution is 5.82. The van der Waals surface area contributed by atoms with Gasteiger partial charge in [0.1, 0.15) is 5.54 Å². The quantitative estimate of drug-likeness (QED) is 0.613. The molecule has 1 aromatic carbocycles. The van der Waals surface area contributed by atoms with Gasteiger partial charge in [-0.05, 0) is 24.8 Å². The molecule has 3 nitrogen and oxygen atoms in total. The first kappa shape index (κ1) is 16.3. The molecule has 0 fully saturated rings. The SMILES string of the molecule is C#CCNC(CC(C)C)(C(=O)OCC)c1ccccc1. The molecule has 0 aliphatic rings. The van der Waals surface area contributed by atoms with Gasteiger partial charge in [-0.3, -0.25) is 5.32 Å². The molecule has 0 aromatic heterocycles. The Balaban J connectivity index is 3.25. The Morgan fingerprint density at radius 1 is 1.40 bits per heavy atom. The van der Waals surface area contributed by atoms with Crippen molar-refractivity contribution in [2.75, 3.05) is 13.2 Å². The zero-order chi connectivity index (χ0) is 15.0. The summed E-state index contributed by atoms with van der Waals surface area (Å²) in [6.07, 6.45) is 5.99. The van der Waals surface area contributed by atoms with Crippen LogP contribution < -0.4 is 5.32 Å². The second-order valence-electron chi connectivity index (χ2n) is 5.15. The Hall–Kier alpha value is -1.79. The van der Waals surface area contributed by atoms with Gasteiger partial charge < -0.3 is 4.74 Å². The molecule has 0 aliphatic carbocycles. The molecule has 3 heteroatoms. The Bertz CT molecular complexity index is 462. The van der Waals surface area contributed by atoms with Gasteiger partial charge in [0, 0.05) is 0 Å². The van der Waals surface area contributed by atoms with E-state index in [4.69, 9.17) is 11.2 Å². The van der Waals surface area contributed by atoms with Crippen molar-refractivity contribution >= 4 is 5.97 Å². The predicted molar refractivity (Wildman–Crippen MR) is 81.0 cm³/mol. The van der Waals surface area contributed by atoms with Crippen LogP contribution >= 0.6 is 0 Å². The monoisotopic (exact) mass is 273 g/mol. The van der Waals surface area contributed by atoms with E-state index < -0.39 is 5.54 Å². The number of hydrogen-bond acceptors (Lipinski definition) is 3. The summed E-state index contributed by atoms with van der Waals surface area (Å²) >= 11 is 0. The Morgan fingerprint density at radius 2 is 2.05 bits per heavy atom. The summed E-state index contributed by atoms with van der Waals surface area (Å²) in [6.45, 7) is 6.64. The molecular formula is C17H23NO2. The summed E-state index contributed by atoms with van der Waals surface area (Å²) in [7, 11) is 0. The third-order valence-electron chi connectivity index (χ3n) is 3.10. The summed E-state index contributed by atoms with van der Waals surface area (Å²) in [4.78, 5) is 12.6. The van der Waals surface area contributed by atoms with Crippen molar-refractivity contribution < 1.29 is 9.53 Å². The number of benzene rings is 1. The third-order valence-corrected chi connectivity index (χ3v) is 3.10. The summed E-state index contributed by atoms with van der Waals surface area (Å²) in [5, 5.41) is 3.20. The lowest BCUT2D eigenvalue weighted by atomic mass is 9.82. The number of nitrogens with one attached hydrogen (secondary N) is 1. The summed E-state index contributed by atoms with van der Waals surface area (Å²) < 4.78 is 5.29. The van der Waals surface area contributed by atoms with E-state index in [1.165, 1.54) is 0 Å². The van der Waals surface area contributed by atoms with Gasteiger partial charge in [0.05, 0.1) is 13.2 Å². The molecule has 0 amide bonds. The molecule has 1 atom stereocenters. The van der Waals surface area contributed by atoms with Gasteiger partial charge in [0.15, 0.2) is 0 Å². The topological polar surface area (TPSA) is 38.3 Å². The summed E-state index contributed by atoms with van der Waals surface area (Å²) in [6, 6.07) is 9.63. The average Bonchev–Trinajstić information content (AvgIpc) is 2.44. The van der Waals surface area contributed by atoms with Crippen LogP contribution in [0, 0.1) is 18.3 Å². The smallest absolute Gasteiger partial charge is 0.331 e. The molecule has 1 aromatic rings. The summed E-state index contributed by atoms with van der Waals surface area (Å²) in [5.74, 6) is 2.60. The first-order valence-corrected chi connectivity index (χ1v) is 6.98. The lowest BCUT2D eigenvalue weighted by Gasteiger charge is -2.34. The Kier molecular flexibility index (Phi) is 6.27. The lowest BCUT2D eigenvalue weighted by molar-refractivity contribution is -0.152. The summed E-state index contributed by atoms with van der Waals surface area (Å²) in [5.41, 5.74) is 0.0139. The van der Waals surface area contributed by atoms with Gasteiger partial charge in [0.2, 0.25) is 0 Å². The molecular weight excluding hydrogens is 250 g/mol. The molecule has 1 N–H and O–H groups in total. The number of carbonyl (C=O) groups is 1. The minimum absolute atomic E-state index is 0.268. The average molecular weight is 273 g/mol. The van der Waals surface area contributed by atoms with Crippen LogP contribution in [0.15, 0.2) is 30.3 Å². The minimum atomic E-state index is -0.877. The van der Waals surface area contributed by atoms with Gasteiger partial charge in [-0.15, -0.1) is 6.42 Å². The molecule has 0 saturated heterocycles. The van der Waals surface area contributed by atoms with Gasteiger partial charge in [-0.25, -0.2) is 4.79 Å². The van der Waals surface area contributed by atoms with E-state index in [9.17, 15) is 4.79 Å². The molecule has 1 unspecified atom stereocenters. The van der Waals surface area contributed by atoms with Crippen LogP contribution in [0.3, 0.4) is 0 Å². The van der Waals surface area contributed by atoms with Crippen molar-refractivity contribution in [1.29, 1.82) is 0 Å². The zero-order valence-electron chi connectivity index (χ0n) is 12.5. The van der Waals surface area contributed by atoms with E-state index in [1.807, 2.05) is 37.3 Å². The van der Waals surface area contributed by atoms with Crippen molar-refractivity contribution in [2.24, 2.45) is 5.92 Å². The zero-order valence-corrected chi connectivity index (χ0v) is 12.5. The van der Waals surface area contributed by atoms with Gasteiger partial charge in [0.25, 0.3) is 0 Å². The number of hydrogen-bond donors (Lipinski definition) is 1. The van der Waals surface area contributed by atoms with Crippen LogP contribution in [-0.4, -0.2) is 19.1 Å². The van der Waals surface area contributed by atoms with E-state index in [1.54, 1.807) is 0 Å². The standard InChI is InChI=1S/C17H23NO2/c1-5-12-18-17(13-14(3)4,16(19)20-6-2)15-10-8-7-9-11-15/h1,7-11,14,18H,6,12-13H2,2-4H3. The number of esters is 1. The minimum Gasteiger partial charge on any atom is -0.464 e. The maximum atomic E-state index is 12.6. The highest BCUT2D eigenvalue weighted by Crippen LogP contribution is 2.30. The molecule has 0 spiro atoms. The van der Waals surface area contributed by atoms with Crippen molar-refractivity contribution in [1.82, 2.24) is 5.32 Å². The Morgan fingerprint density at radius 3 is 2.55 bits per heavy atom. The molecule has 0 saturated carbocycles. The first-order valence-electron chi connectivity index (χ1n) is 6.98. The molecule has 0 bridgehead atoms. The van der Waals surface area contributed by atoms with Gasteiger partial charge in [-0.2, -0.15) is 0 Å². The fourth-order valence-electron chi connectivity index (χ4n) is 2.36. The molecule has 0 radical (unpaired) electrons. The van der Waals surface area contributed by atoms with Gasteiger partial charge >= 0.3 is 5.97 Å². The maximum absolute atomic E-state index is 12.6. The van der Waals surface area contributed by atoms with Crippen LogP contribution in [0.4, 0.5) is 0 Å². The lowest BCUT2D eigenvalue weighted by Crippen LogP contribution is -2.51. The van der Waals surface area contributed by atoms with Crippen molar-refractivity contribution in [3.05, 3.63) is 35.9 Å². The molecule has 0 heterocycles. The fourth-order valence-corrected chi connectivity index (χ4v) is 2.36. The van der Waals surface area contributed by atoms with Crippen molar-refractivity contribution in [2.45, 2.75) is 32.7 Å². The highest BCUT2D eigenvalue weighted by atomic mass is 16.5. The van der Waals surface area contributed by atoms with Crippen molar-refractivity contribution in [3.8, 4) is 12.3 Å². The predicted octanol–water partition coefficient (Wildman–Crippen LogP) is 2.71. The van der Waals surface area contributed by atoms with Crippen LogP contribution in [0.2, 0.25) is 0 Å². The van der Waals surface area contributed by atoms with E-state index in [-0.39, 0.29) is 5.97 Å². The number of rotatable bonds is 7. The van der Waals surface area contributed by atoms with E-state index >= 15 is 0 Å². The fraction of sp³-hybridized carbons (Fsp3) is 0.471. The van der Waals surface area contributed by atoms with Crippen LogP contribution in [0.5, 0.6) is 0 Å². The largest absolute Gasteiger partial charge is 0.464 e. The molecule has 0 aliphatic heterocycles. The third kappa shape index (κ3) is 3.85. The maximum Gasteiger partial charge on any atom is 0.331 e. The molecule has 1 rings (SSSR count). The second-order valence-corrected chi connectivity index (χ2v) is 5.15. The Labute approximate surface area is 121 Å². The van der Waals surface area contributed by atoms with Gasteiger partial charge in [-0.1, -0.05) is 50.1 Å². The normalized spacial score (nSPS) is 13.6. The van der Waals surface area contributed by atoms with E-state index in [2.05, 4.69) is 25.1 Å². The second kappa shape index (κ2) is 7.72. The van der Waals surface area contributed by atoms with Crippen LogP contribution in [-0.2, 0) is 15.1 Å². The first-order chi connectivity index (χ1) is 9.56. The molecule has 20 heavy (non-hydrogen) atoms.